The first kappa shape index (κ1) is 25.7. The molecule has 3 aromatic carbocycles. The second-order valence-corrected chi connectivity index (χ2v) is 11.4. The number of anilines is 1. The summed E-state index contributed by atoms with van der Waals surface area (Å²) in [6.45, 7) is 4.22. The molecule has 5 heteroatoms. The molecule has 1 unspecified atom stereocenters. The van der Waals surface area contributed by atoms with E-state index in [0.717, 1.165) is 48.8 Å². The van der Waals surface area contributed by atoms with E-state index in [1.54, 1.807) is 11.3 Å². The Morgan fingerprint density at radius 3 is 2.27 bits per heavy atom. The number of amides is 1. The van der Waals surface area contributed by atoms with E-state index in [0.29, 0.717) is 11.5 Å². The van der Waals surface area contributed by atoms with Gasteiger partial charge in [0.15, 0.2) is 0 Å². The first-order chi connectivity index (χ1) is 18.1. The Morgan fingerprint density at radius 1 is 0.973 bits per heavy atom. The first-order valence-electron chi connectivity index (χ1n) is 13.1. The van der Waals surface area contributed by atoms with Crippen molar-refractivity contribution in [3.63, 3.8) is 0 Å². The highest BCUT2D eigenvalue weighted by molar-refractivity contribution is 7.16. The maximum absolute atomic E-state index is 13.1. The monoisotopic (exact) mass is 528 g/mol. The fourth-order valence-electron chi connectivity index (χ4n) is 5.29. The van der Waals surface area contributed by atoms with Gasteiger partial charge in [-0.3, -0.25) is 9.69 Å². The summed E-state index contributed by atoms with van der Waals surface area (Å²) in [5, 5.41) is 4.93. The number of hydrogen-bond donors (Lipinski definition) is 1. The maximum atomic E-state index is 13.1. The number of halogens is 1. The molecule has 1 fully saturated rings. The Morgan fingerprint density at radius 2 is 1.62 bits per heavy atom. The van der Waals surface area contributed by atoms with Crippen LogP contribution >= 0.6 is 22.9 Å². The van der Waals surface area contributed by atoms with E-state index in [-0.39, 0.29) is 11.9 Å². The number of thiophene rings is 1. The van der Waals surface area contributed by atoms with Gasteiger partial charge in [0.05, 0.1) is 6.04 Å². The summed E-state index contributed by atoms with van der Waals surface area (Å²) in [7, 11) is 0. The molecular formula is C32H33ClN2OS. The van der Waals surface area contributed by atoms with Gasteiger partial charge in [-0.05, 0) is 86.1 Å². The number of rotatable bonds is 8. The Labute approximate surface area is 229 Å². The van der Waals surface area contributed by atoms with E-state index in [2.05, 4.69) is 65.7 Å². The van der Waals surface area contributed by atoms with E-state index in [4.69, 9.17) is 11.6 Å². The molecule has 4 aromatic rings. The molecule has 0 spiro atoms. The van der Waals surface area contributed by atoms with Gasteiger partial charge < -0.3 is 5.32 Å². The number of benzene rings is 3. The molecule has 3 nitrogen and oxygen atoms in total. The number of nitrogens with one attached hydrogen (secondary N) is 1. The number of nitrogens with zero attached hydrogens (tertiary/aromatic N) is 1. The molecule has 0 bridgehead atoms. The molecule has 1 aliphatic rings. The average molecular weight is 529 g/mol. The second kappa shape index (κ2) is 12.1. The van der Waals surface area contributed by atoms with Gasteiger partial charge >= 0.3 is 0 Å². The van der Waals surface area contributed by atoms with Gasteiger partial charge in [0.25, 0.3) is 5.91 Å². The Hall–Kier alpha value is -2.92. The lowest BCUT2D eigenvalue weighted by molar-refractivity contribution is 0.102. The predicted molar refractivity (Wildman–Crippen MR) is 156 cm³/mol. The van der Waals surface area contributed by atoms with Gasteiger partial charge in [-0.1, -0.05) is 79.2 Å². The van der Waals surface area contributed by atoms with Crippen molar-refractivity contribution in [2.75, 3.05) is 18.4 Å². The number of carbonyl (C=O) groups excluding carboxylic acids is 1. The van der Waals surface area contributed by atoms with Crippen LogP contribution in [0.25, 0.3) is 0 Å². The molecule has 1 amide bonds. The molecular weight excluding hydrogens is 496 g/mol. The lowest BCUT2D eigenvalue weighted by Gasteiger charge is -2.38. The van der Waals surface area contributed by atoms with Gasteiger partial charge in [0.2, 0.25) is 0 Å². The normalized spacial score (nSPS) is 15.4. The van der Waals surface area contributed by atoms with Crippen LogP contribution in [0, 0.1) is 5.92 Å². The number of hydrogen-bond acceptors (Lipinski definition) is 3. The average Bonchev–Trinajstić information content (AvgIpc) is 3.34. The minimum atomic E-state index is -0.0669. The van der Waals surface area contributed by atoms with E-state index >= 15 is 0 Å². The summed E-state index contributed by atoms with van der Waals surface area (Å²) in [6.07, 6.45) is 4.40. The molecule has 1 saturated heterocycles. The third-order valence-corrected chi connectivity index (χ3v) is 8.75. The van der Waals surface area contributed by atoms with Gasteiger partial charge in [0.1, 0.15) is 5.00 Å². The van der Waals surface area contributed by atoms with Crippen molar-refractivity contribution in [1.82, 2.24) is 4.90 Å². The molecule has 37 heavy (non-hydrogen) atoms. The summed E-state index contributed by atoms with van der Waals surface area (Å²) in [5.74, 6) is 0.623. The second-order valence-electron chi connectivity index (χ2n) is 9.79. The highest BCUT2D eigenvalue weighted by atomic mass is 35.5. The summed E-state index contributed by atoms with van der Waals surface area (Å²) in [5.41, 5.74) is 4.48. The molecule has 0 aliphatic carbocycles. The third kappa shape index (κ3) is 6.32. The Balaban J connectivity index is 1.42. The Bertz CT molecular complexity index is 1300. The lowest BCUT2D eigenvalue weighted by Crippen LogP contribution is -2.38. The number of carbonyl (C=O) groups is 1. The summed E-state index contributed by atoms with van der Waals surface area (Å²) in [6, 6.07) is 30.9. The van der Waals surface area contributed by atoms with Gasteiger partial charge in [0, 0.05) is 21.0 Å². The van der Waals surface area contributed by atoms with Crippen LogP contribution < -0.4 is 5.32 Å². The van der Waals surface area contributed by atoms with E-state index in [1.807, 2.05) is 42.5 Å². The molecule has 5 rings (SSSR count). The van der Waals surface area contributed by atoms with Crippen LogP contribution in [-0.4, -0.2) is 23.9 Å². The van der Waals surface area contributed by atoms with Crippen molar-refractivity contribution in [3.05, 3.63) is 123 Å². The minimum absolute atomic E-state index is 0.0669. The maximum Gasteiger partial charge on any atom is 0.256 e. The van der Waals surface area contributed by atoms with Crippen molar-refractivity contribution >= 4 is 33.8 Å². The zero-order chi connectivity index (χ0) is 25.6. The van der Waals surface area contributed by atoms with Crippen LogP contribution in [0.15, 0.2) is 91.0 Å². The topological polar surface area (TPSA) is 32.3 Å². The van der Waals surface area contributed by atoms with Crippen LogP contribution in [0.4, 0.5) is 5.00 Å². The fourth-order valence-corrected chi connectivity index (χ4v) is 6.44. The van der Waals surface area contributed by atoms with Gasteiger partial charge in [-0.15, -0.1) is 11.3 Å². The van der Waals surface area contributed by atoms with Crippen molar-refractivity contribution in [2.24, 2.45) is 5.92 Å². The van der Waals surface area contributed by atoms with Crippen molar-refractivity contribution < 1.29 is 4.79 Å². The molecule has 0 radical (unpaired) electrons. The quantitative estimate of drug-likeness (QED) is 0.249. The molecule has 1 aromatic heterocycles. The van der Waals surface area contributed by atoms with E-state index in [1.165, 1.54) is 21.6 Å². The molecule has 0 saturated carbocycles. The van der Waals surface area contributed by atoms with Crippen molar-refractivity contribution in [3.8, 4) is 0 Å². The molecule has 1 N–H and O–H groups in total. The number of piperidine rings is 1. The number of aryl methyl sites for hydroxylation is 1. The summed E-state index contributed by atoms with van der Waals surface area (Å²) in [4.78, 5) is 17.0. The molecule has 1 aliphatic heterocycles. The number of likely N-dealkylation sites (tertiary alicyclic amines) is 1. The SMILES string of the molecule is CCc1cc(C(c2ccc(Cl)cc2)N2CCC(Cc3ccccc3)CC2)c(NC(=O)c2ccccc2)s1. The van der Waals surface area contributed by atoms with E-state index in [9.17, 15) is 4.79 Å². The molecule has 190 valence electrons. The predicted octanol–water partition coefficient (Wildman–Crippen LogP) is 8.26. The summed E-state index contributed by atoms with van der Waals surface area (Å²) >= 11 is 7.96. The fraction of sp³-hybridized carbons (Fsp3) is 0.281. The van der Waals surface area contributed by atoms with Gasteiger partial charge in [-0.25, -0.2) is 0 Å². The van der Waals surface area contributed by atoms with E-state index < -0.39 is 0 Å². The van der Waals surface area contributed by atoms with Crippen LogP contribution in [0.1, 0.15) is 57.7 Å². The van der Waals surface area contributed by atoms with Crippen LogP contribution in [0.3, 0.4) is 0 Å². The van der Waals surface area contributed by atoms with Gasteiger partial charge in [-0.2, -0.15) is 0 Å². The molecule has 1 atom stereocenters. The standard InChI is InChI=1S/C32H33ClN2OS/c1-2-28-22-29(32(37-28)34-31(36)26-11-7-4-8-12-26)30(25-13-15-27(33)16-14-25)35-19-17-24(18-20-35)21-23-9-5-3-6-10-23/h3-16,22,24,30H,2,17-21H2,1H3,(H,34,36). The first-order valence-corrected chi connectivity index (χ1v) is 14.3. The highest BCUT2D eigenvalue weighted by Gasteiger charge is 2.30. The minimum Gasteiger partial charge on any atom is -0.313 e. The smallest absolute Gasteiger partial charge is 0.256 e. The summed E-state index contributed by atoms with van der Waals surface area (Å²) < 4.78 is 0. The Kier molecular flexibility index (Phi) is 8.40. The zero-order valence-corrected chi connectivity index (χ0v) is 22.8. The zero-order valence-electron chi connectivity index (χ0n) is 21.2. The van der Waals surface area contributed by atoms with Crippen LogP contribution in [0.5, 0.6) is 0 Å². The highest BCUT2D eigenvalue weighted by Crippen LogP contribution is 2.41. The third-order valence-electron chi connectivity index (χ3n) is 7.29. The molecule has 2 heterocycles. The lowest BCUT2D eigenvalue weighted by atomic mass is 9.88. The van der Waals surface area contributed by atoms with Crippen molar-refractivity contribution in [1.29, 1.82) is 0 Å². The van der Waals surface area contributed by atoms with Crippen LogP contribution in [0.2, 0.25) is 5.02 Å². The van der Waals surface area contributed by atoms with Crippen LogP contribution in [-0.2, 0) is 12.8 Å². The van der Waals surface area contributed by atoms with Crippen molar-refractivity contribution in [2.45, 2.75) is 38.6 Å². The largest absolute Gasteiger partial charge is 0.313 e.